The van der Waals surface area contributed by atoms with Crippen molar-refractivity contribution in [3.05, 3.63) is 53.6 Å². The van der Waals surface area contributed by atoms with Crippen LogP contribution in [0, 0.1) is 6.92 Å². The van der Waals surface area contributed by atoms with Crippen LogP contribution in [0.5, 0.6) is 11.5 Å². The quantitative estimate of drug-likeness (QED) is 0.674. The number of nitrogens with one attached hydrogen (secondary N) is 1. The molecule has 0 aliphatic heterocycles. The Bertz CT molecular complexity index is 959. The van der Waals surface area contributed by atoms with Gasteiger partial charge >= 0.3 is 0 Å². The molecule has 1 N–H and O–H groups in total. The number of hydrogen-bond donors (Lipinski definition) is 1. The topological polar surface area (TPSA) is 84.9 Å². The summed E-state index contributed by atoms with van der Waals surface area (Å²) in [6, 6.07) is 11.6. The minimum Gasteiger partial charge on any atom is -0.495 e. The maximum atomic E-state index is 12.8. The molecule has 0 heterocycles. The third kappa shape index (κ3) is 5.63. The number of hydrogen-bond acceptors (Lipinski definition) is 5. The molecule has 2 rings (SSSR count). The lowest BCUT2D eigenvalue weighted by Gasteiger charge is -2.29. The van der Waals surface area contributed by atoms with Crippen molar-refractivity contribution in [1.82, 2.24) is 5.32 Å². The normalized spacial score (nSPS) is 12.2. The number of sulfonamides is 1. The molecular weight excluding hydrogens is 392 g/mol. The van der Waals surface area contributed by atoms with Gasteiger partial charge in [0.15, 0.2) is 0 Å². The van der Waals surface area contributed by atoms with Crippen molar-refractivity contribution in [1.29, 1.82) is 0 Å². The first kappa shape index (κ1) is 22.5. The van der Waals surface area contributed by atoms with Crippen LogP contribution < -0.4 is 19.1 Å². The fourth-order valence-electron chi connectivity index (χ4n) is 3.03. The van der Waals surface area contributed by atoms with Crippen molar-refractivity contribution in [2.45, 2.75) is 33.4 Å². The van der Waals surface area contributed by atoms with Gasteiger partial charge in [0.1, 0.15) is 17.5 Å². The van der Waals surface area contributed by atoms with Crippen molar-refractivity contribution < 1.29 is 22.7 Å². The van der Waals surface area contributed by atoms with Crippen LogP contribution in [0.3, 0.4) is 0 Å². The largest absolute Gasteiger partial charge is 0.495 e. The second-order valence-corrected chi connectivity index (χ2v) is 8.53. The van der Waals surface area contributed by atoms with E-state index in [1.54, 1.807) is 19.1 Å². The van der Waals surface area contributed by atoms with E-state index in [2.05, 4.69) is 5.32 Å². The molecule has 0 saturated heterocycles. The molecule has 2 aromatic carbocycles. The number of nitrogens with zero attached hydrogens (tertiary/aromatic N) is 1. The van der Waals surface area contributed by atoms with E-state index in [-0.39, 0.29) is 6.54 Å². The third-order valence-corrected chi connectivity index (χ3v) is 5.61. The van der Waals surface area contributed by atoms with Crippen LogP contribution in [0.2, 0.25) is 0 Å². The van der Waals surface area contributed by atoms with Gasteiger partial charge < -0.3 is 14.8 Å². The van der Waals surface area contributed by atoms with Gasteiger partial charge in [0, 0.05) is 12.1 Å². The summed E-state index contributed by atoms with van der Waals surface area (Å²) in [5.74, 6) is 0.635. The zero-order chi connectivity index (χ0) is 21.6. The zero-order valence-electron chi connectivity index (χ0n) is 17.4. The van der Waals surface area contributed by atoms with Gasteiger partial charge in [-0.1, -0.05) is 24.3 Å². The Kier molecular flexibility index (Phi) is 7.50. The molecule has 0 unspecified atom stereocenters. The summed E-state index contributed by atoms with van der Waals surface area (Å²) < 4.78 is 37.1. The minimum atomic E-state index is -3.74. The molecule has 0 aliphatic rings. The highest BCUT2D eigenvalue weighted by molar-refractivity contribution is 7.92. The van der Waals surface area contributed by atoms with Gasteiger partial charge in [-0.25, -0.2) is 8.42 Å². The fourth-order valence-corrected chi connectivity index (χ4v) is 4.20. The molecule has 158 valence electrons. The summed E-state index contributed by atoms with van der Waals surface area (Å²) in [5.41, 5.74) is 1.99. The Morgan fingerprint density at radius 2 is 1.86 bits per heavy atom. The lowest BCUT2D eigenvalue weighted by atomic mass is 10.1. The number of para-hydroxylation sites is 1. The second-order valence-electron chi connectivity index (χ2n) is 6.67. The van der Waals surface area contributed by atoms with Crippen LogP contribution in [0.1, 0.15) is 25.0 Å². The van der Waals surface area contributed by atoms with Crippen molar-refractivity contribution in [2.24, 2.45) is 0 Å². The van der Waals surface area contributed by atoms with Gasteiger partial charge in [-0.15, -0.1) is 0 Å². The Morgan fingerprint density at radius 1 is 1.17 bits per heavy atom. The Hall–Kier alpha value is -2.74. The van der Waals surface area contributed by atoms with E-state index in [0.717, 1.165) is 21.7 Å². The monoisotopic (exact) mass is 420 g/mol. The van der Waals surface area contributed by atoms with Gasteiger partial charge in [0.05, 0.1) is 25.7 Å². The molecule has 0 fully saturated rings. The average molecular weight is 421 g/mol. The van der Waals surface area contributed by atoms with E-state index in [4.69, 9.17) is 9.47 Å². The van der Waals surface area contributed by atoms with Crippen LogP contribution in [0.25, 0.3) is 0 Å². The maximum Gasteiger partial charge on any atom is 0.243 e. The lowest BCUT2D eigenvalue weighted by Crippen LogP contribution is -2.47. The molecular formula is C21H28N2O5S. The number of methoxy groups -OCH3 is 1. The predicted molar refractivity (Wildman–Crippen MR) is 114 cm³/mol. The van der Waals surface area contributed by atoms with Crippen molar-refractivity contribution in [3.63, 3.8) is 0 Å². The molecule has 2 aromatic rings. The van der Waals surface area contributed by atoms with Crippen molar-refractivity contribution >= 4 is 21.6 Å². The number of aryl methyl sites for hydroxylation is 1. The van der Waals surface area contributed by atoms with Crippen LogP contribution in [0.4, 0.5) is 5.69 Å². The number of ether oxygens (including phenoxy) is 2. The number of amides is 1. The molecule has 0 spiro atoms. The molecule has 0 bridgehead atoms. The Morgan fingerprint density at radius 3 is 2.48 bits per heavy atom. The highest BCUT2D eigenvalue weighted by Crippen LogP contribution is 2.32. The zero-order valence-corrected chi connectivity index (χ0v) is 18.2. The first-order valence-electron chi connectivity index (χ1n) is 9.31. The van der Waals surface area contributed by atoms with E-state index >= 15 is 0 Å². The molecule has 8 heteroatoms. The van der Waals surface area contributed by atoms with E-state index in [9.17, 15) is 13.2 Å². The molecule has 0 radical (unpaired) electrons. The van der Waals surface area contributed by atoms with Gasteiger partial charge in [0.2, 0.25) is 15.9 Å². The lowest BCUT2D eigenvalue weighted by molar-refractivity contribution is -0.122. The maximum absolute atomic E-state index is 12.8. The first-order chi connectivity index (χ1) is 13.7. The van der Waals surface area contributed by atoms with E-state index in [1.807, 2.05) is 44.2 Å². The average Bonchev–Trinajstić information content (AvgIpc) is 2.66. The number of carbonyl (C=O) groups excluding carboxylic acids is 1. The van der Waals surface area contributed by atoms with Gasteiger partial charge in [-0.2, -0.15) is 0 Å². The third-order valence-electron chi connectivity index (χ3n) is 4.39. The molecule has 1 amide bonds. The summed E-state index contributed by atoms with van der Waals surface area (Å²) in [7, 11) is -2.28. The number of carbonyl (C=O) groups is 1. The van der Waals surface area contributed by atoms with Crippen LogP contribution >= 0.6 is 0 Å². The molecule has 0 aromatic heterocycles. The van der Waals surface area contributed by atoms with Gasteiger partial charge in [0.25, 0.3) is 0 Å². The SMILES string of the molecule is CCOc1ccccc1CNC(=O)[C@@H](C)N(c1cc(C)ccc1OC)S(C)(=O)=O. The predicted octanol–water partition coefficient (Wildman–Crippen LogP) is 2.87. The molecule has 0 aliphatic carbocycles. The standard InChI is InChI=1S/C21H28N2O5S/c1-6-28-19-10-8-7-9-17(19)14-22-21(24)16(3)23(29(5,25)26)18-13-15(2)11-12-20(18)27-4/h7-13,16H,6,14H2,1-5H3,(H,22,24)/t16-/m1/s1. The fraction of sp³-hybridized carbons (Fsp3) is 0.381. The van der Waals surface area contributed by atoms with Crippen LogP contribution in [-0.4, -0.2) is 40.3 Å². The highest BCUT2D eigenvalue weighted by Gasteiger charge is 2.31. The summed E-state index contributed by atoms with van der Waals surface area (Å²) in [4.78, 5) is 12.8. The summed E-state index contributed by atoms with van der Waals surface area (Å²) in [6.07, 6.45) is 1.07. The first-order valence-corrected chi connectivity index (χ1v) is 11.2. The molecule has 29 heavy (non-hydrogen) atoms. The van der Waals surface area contributed by atoms with E-state index in [0.29, 0.717) is 23.8 Å². The smallest absolute Gasteiger partial charge is 0.243 e. The molecule has 0 saturated carbocycles. The Labute approximate surface area is 172 Å². The summed E-state index contributed by atoms with van der Waals surface area (Å²) in [5, 5.41) is 2.81. The molecule has 7 nitrogen and oxygen atoms in total. The van der Waals surface area contributed by atoms with Crippen LogP contribution in [-0.2, 0) is 21.4 Å². The molecule has 1 atom stereocenters. The van der Waals surface area contributed by atoms with Gasteiger partial charge in [-0.05, 0) is 44.5 Å². The Balaban J connectivity index is 2.28. The number of rotatable bonds is 9. The number of benzene rings is 2. The van der Waals surface area contributed by atoms with Crippen molar-refractivity contribution in [2.75, 3.05) is 24.3 Å². The highest BCUT2D eigenvalue weighted by atomic mass is 32.2. The van der Waals surface area contributed by atoms with Gasteiger partial charge in [-0.3, -0.25) is 9.10 Å². The van der Waals surface area contributed by atoms with E-state index < -0.39 is 22.0 Å². The van der Waals surface area contributed by atoms with Crippen molar-refractivity contribution in [3.8, 4) is 11.5 Å². The summed E-state index contributed by atoms with van der Waals surface area (Å²) in [6.45, 7) is 6.01. The van der Waals surface area contributed by atoms with E-state index in [1.165, 1.54) is 7.11 Å². The van der Waals surface area contributed by atoms with Crippen LogP contribution in [0.15, 0.2) is 42.5 Å². The second kappa shape index (κ2) is 9.65. The minimum absolute atomic E-state index is 0.224. The number of anilines is 1. The summed E-state index contributed by atoms with van der Waals surface area (Å²) >= 11 is 0.